The Hall–Kier alpha value is -1.64. The van der Waals surface area contributed by atoms with Crippen molar-refractivity contribution < 1.29 is 8.97 Å². The molecule has 2 aromatic carbocycles. The first kappa shape index (κ1) is 21.6. The minimum absolute atomic E-state index is 0.932. The Morgan fingerprint density at radius 3 is 1.97 bits per heavy atom. The SMILES string of the molecule is C[N+]1(Cc2ccccc2)CCC(C[N+]2(CCCc3ccccc3)CCCCC2)CC1. The highest BCUT2D eigenvalue weighted by Crippen LogP contribution is 2.30. The summed E-state index contributed by atoms with van der Waals surface area (Å²) >= 11 is 0. The van der Waals surface area contributed by atoms with Crippen LogP contribution in [0.5, 0.6) is 0 Å². The van der Waals surface area contributed by atoms with Crippen LogP contribution in [0.3, 0.4) is 0 Å². The third kappa shape index (κ3) is 5.95. The van der Waals surface area contributed by atoms with Gasteiger partial charge in [0.2, 0.25) is 0 Å². The number of likely N-dealkylation sites (tertiary alicyclic amines) is 2. The molecule has 0 atom stereocenters. The van der Waals surface area contributed by atoms with Gasteiger partial charge in [-0.25, -0.2) is 0 Å². The van der Waals surface area contributed by atoms with Crippen molar-refractivity contribution in [1.82, 2.24) is 0 Å². The average Bonchev–Trinajstić information content (AvgIpc) is 2.78. The monoisotopic (exact) mass is 406 g/mol. The van der Waals surface area contributed by atoms with Crippen LogP contribution >= 0.6 is 0 Å². The van der Waals surface area contributed by atoms with Gasteiger partial charge in [0.25, 0.3) is 0 Å². The Morgan fingerprint density at radius 1 is 0.733 bits per heavy atom. The summed E-state index contributed by atoms with van der Waals surface area (Å²) in [5, 5.41) is 0. The van der Waals surface area contributed by atoms with Gasteiger partial charge in [-0.05, 0) is 31.2 Å². The summed E-state index contributed by atoms with van der Waals surface area (Å²) < 4.78 is 2.65. The molecule has 0 aromatic heterocycles. The highest BCUT2D eigenvalue weighted by molar-refractivity contribution is 5.14. The van der Waals surface area contributed by atoms with E-state index in [-0.39, 0.29) is 0 Å². The summed E-state index contributed by atoms with van der Waals surface area (Å²) in [5.41, 5.74) is 3.01. The molecule has 0 aliphatic carbocycles. The fourth-order valence-corrected chi connectivity index (χ4v) is 6.10. The zero-order chi connectivity index (χ0) is 20.7. The molecule has 0 spiro atoms. The van der Waals surface area contributed by atoms with E-state index in [1.54, 1.807) is 0 Å². The molecule has 2 saturated heterocycles. The topological polar surface area (TPSA) is 0 Å². The zero-order valence-corrected chi connectivity index (χ0v) is 19.1. The fourth-order valence-electron chi connectivity index (χ4n) is 6.10. The van der Waals surface area contributed by atoms with Crippen LogP contribution in [-0.2, 0) is 13.0 Å². The van der Waals surface area contributed by atoms with Crippen LogP contribution in [0.2, 0.25) is 0 Å². The number of hydrogen-bond donors (Lipinski definition) is 0. The summed E-state index contributed by atoms with van der Waals surface area (Å²) in [6.45, 7) is 9.60. The molecule has 2 aromatic rings. The molecular formula is C28H42N2+2. The van der Waals surface area contributed by atoms with Gasteiger partial charge in [-0.15, -0.1) is 0 Å². The Morgan fingerprint density at radius 2 is 1.33 bits per heavy atom. The predicted molar refractivity (Wildman–Crippen MR) is 127 cm³/mol. The zero-order valence-electron chi connectivity index (χ0n) is 19.1. The maximum absolute atomic E-state index is 2.48. The third-order valence-electron chi connectivity index (χ3n) is 7.91. The number of aryl methyl sites for hydroxylation is 1. The minimum atomic E-state index is 0.932. The van der Waals surface area contributed by atoms with Gasteiger partial charge in [0.05, 0.1) is 46.3 Å². The second kappa shape index (κ2) is 10.1. The molecule has 2 aliphatic heterocycles. The lowest BCUT2D eigenvalue weighted by Crippen LogP contribution is -2.57. The maximum Gasteiger partial charge on any atom is 0.104 e. The molecule has 2 fully saturated rings. The molecule has 0 saturated carbocycles. The average molecular weight is 407 g/mol. The van der Waals surface area contributed by atoms with E-state index in [1.165, 1.54) is 111 Å². The van der Waals surface area contributed by atoms with E-state index in [2.05, 4.69) is 67.7 Å². The van der Waals surface area contributed by atoms with Crippen LogP contribution < -0.4 is 0 Å². The Balaban J connectivity index is 1.30. The lowest BCUT2D eigenvalue weighted by Gasteiger charge is -2.47. The van der Waals surface area contributed by atoms with Gasteiger partial charge in [0, 0.05) is 30.7 Å². The highest BCUT2D eigenvalue weighted by atomic mass is 15.4. The fraction of sp³-hybridized carbons (Fsp3) is 0.571. The first-order valence-corrected chi connectivity index (χ1v) is 12.4. The Bertz CT molecular complexity index is 741. The molecule has 2 heteroatoms. The van der Waals surface area contributed by atoms with E-state index < -0.39 is 0 Å². The van der Waals surface area contributed by atoms with Gasteiger partial charge in [-0.2, -0.15) is 0 Å². The van der Waals surface area contributed by atoms with Gasteiger partial charge in [-0.1, -0.05) is 60.7 Å². The Kier molecular flexibility index (Phi) is 7.28. The molecule has 0 radical (unpaired) electrons. The number of quaternary nitrogens is 2. The van der Waals surface area contributed by atoms with Gasteiger partial charge in [0.1, 0.15) is 6.54 Å². The van der Waals surface area contributed by atoms with Crippen molar-refractivity contribution in [3.63, 3.8) is 0 Å². The van der Waals surface area contributed by atoms with Crippen LogP contribution in [0, 0.1) is 5.92 Å². The summed E-state index contributed by atoms with van der Waals surface area (Å²) in [7, 11) is 2.48. The van der Waals surface area contributed by atoms with E-state index in [9.17, 15) is 0 Å². The first-order chi connectivity index (χ1) is 14.6. The van der Waals surface area contributed by atoms with Crippen LogP contribution in [0.1, 0.15) is 49.7 Å². The molecule has 30 heavy (non-hydrogen) atoms. The van der Waals surface area contributed by atoms with Gasteiger partial charge >= 0.3 is 0 Å². The van der Waals surface area contributed by atoms with Crippen LogP contribution in [0.25, 0.3) is 0 Å². The molecule has 0 unspecified atom stereocenters. The molecule has 0 amide bonds. The second-order valence-electron chi connectivity index (χ2n) is 10.5. The minimum Gasteiger partial charge on any atom is -0.323 e. The standard InChI is InChI=1S/C28H42N2/c1-29(24-27-14-7-3-8-15-27)22-17-28(18-23-29)25-30(19-9-4-10-20-30)21-11-16-26-12-5-2-6-13-26/h2-3,5-8,12-15,28H,4,9-11,16-25H2,1H3/q+2. The second-order valence-corrected chi connectivity index (χ2v) is 10.5. The van der Waals surface area contributed by atoms with Crippen molar-refractivity contribution in [2.24, 2.45) is 5.92 Å². The number of rotatable bonds is 8. The number of benzene rings is 2. The molecular weight excluding hydrogens is 364 g/mol. The number of piperidine rings is 2. The van der Waals surface area contributed by atoms with Crippen LogP contribution in [0.15, 0.2) is 60.7 Å². The van der Waals surface area contributed by atoms with Crippen molar-refractivity contribution in [1.29, 1.82) is 0 Å². The molecule has 2 aliphatic rings. The predicted octanol–water partition coefficient (Wildman–Crippen LogP) is 5.68. The quantitative estimate of drug-likeness (QED) is 0.495. The van der Waals surface area contributed by atoms with E-state index in [0.717, 1.165) is 5.92 Å². The first-order valence-electron chi connectivity index (χ1n) is 12.4. The summed E-state index contributed by atoms with van der Waals surface area (Å²) in [6.07, 6.45) is 9.77. The lowest BCUT2D eigenvalue weighted by molar-refractivity contribution is -0.945. The van der Waals surface area contributed by atoms with E-state index in [4.69, 9.17) is 0 Å². The van der Waals surface area contributed by atoms with Gasteiger partial charge in [-0.3, -0.25) is 0 Å². The van der Waals surface area contributed by atoms with Crippen molar-refractivity contribution in [2.45, 2.75) is 51.5 Å². The van der Waals surface area contributed by atoms with Crippen molar-refractivity contribution in [3.8, 4) is 0 Å². The molecule has 2 heterocycles. The Labute approximate surface area is 184 Å². The van der Waals surface area contributed by atoms with E-state index in [1.807, 2.05) is 0 Å². The normalized spacial score (nSPS) is 26.4. The molecule has 2 nitrogen and oxygen atoms in total. The summed E-state index contributed by atoms with van der Waals surface area (Å²) in [5.74, 6) is 0.932. The number of nitrogens with zero attached hydrogens (tertiary/aromatic N) is 2. The number of hydrogen-bond acceptors (Lipinski definition) is 0. The van der Waals surface area contributed by atoms with Crippen LogP contribution in [0.4, 0.5) is 0 Å². The van der Waals surface area contributed by atoms with Crippen molar-refractivity contribution in [2.75, 3.05) is 46.3 Å². The van der Waals surface area contributed by atoms with Gasteiger partial charge < -0.3 is 8.97 Å². The highest BCUT2D eigenvalue weighted by Gasteiger charge is 2.37. The third-order valence-corrected chi connectivity index (χ3v) is 7.91. The lowest BCUT2D eigenvalue weighted by atomic mass is 9.91. The van der Waals surface area contributed by atoms with Crippen molar-refractivity contribution in [3.05, 3.63) is 71.8 Å². The summed E-state index contributed by atoms with van der Waals surface area (Å²) in [4.78, 5) is 0. The van der Waals surface area contributed by atoms with E-state index >= 15 is 0 Å². The largest absolute Gasteiger partial charge is 0.323 e. The smallest absolute Gasteiger partial charge is 0.104 e. The molecule has 162 valence electrons. The maximum atomic E-state index is 2.48. The van der Waals surface area contributed by atoms with Gasteiger partial charge in [0.15, 0.2) is 0 Å². The molecule has 4 rings (SSSR count). The van der Waals surface area contributed by atoms with Crippen LogP contribution in [-0.4, -0.2) is 55.3 Å². The molecule has 0 N–H and O–H groups in total. The van der Waals surface area contributed by atoms with E-state index in [0.29, 0.717) is 0 Å². The molecule has 0 bridgehead atoms. The summed E-state index contributed by atoms with van der Waals surface area (Å²) in [6, 6.07) is 22.2. The van der Waals surface area contributed by atoms with Crippen molar-refractivity contribution >= 4 is 0 Å².